The Kier molecular flexibility index (Phi) is 10.7. The standard InChI is InChI=1S/C19H24N6O7S.Na/c1-6-14(26)20-11-7-8-12(17(27)25(2)3)13(9-11)33(29,30)24-19(28)23-18-21-15(31-4)10-16(22-18)32-5;/h7-10H,6H2,1-5H3,(H,20,26)(H2,21,22,23,24,28);. The van der Waals surface area contributed by atoms with Crippen LogP contribution in [0.2, 0.25) is 0 Å². The molecular formula is C19H24N6NaO7S. The number of urea groups is 1. The van der Waals surface area contributed by atoms with Gasteiger partial charge in [-0.3, -0.25) is 14.9 Å². The van der Waals surface area contributed by atoms with Gasteiger partial charge < -0.3 is 19.7 Å². The summed E-state index contributed by atoms with van der Waals surface area (Å²) in [5, 5.41) is 4.68. The number of sulfonamides is 1. The third kappa shape index (κ3) is 7.55. The molecule has 0 aliphatic rings. The first-order chi connectivity index (χ1) is 15.5. The van der Waals surface area contributed by atoms with E-state index in [2.05, 4.69) is 20.6 Å². The van der Waals surface area contributed by atoms with Gasteiger partial charge in [-0.1, -0.05) is 6.92 Å². The van der Waals surface area contributed by atoms with Crippen LogP contribution in [0.25, 0.3) is 0 Å². The zero-order chi connectivity index (χ0) is 24.8. The minimum atomic E-state index is -4.56. The number of rotatable bonds is 8. The molecule has 1 aromatic carbocycles. The molecule has 2 aromatic rings. The molecule has 0 spiro atoms. The molecular weight excluding hydrogens is 479 g/mol. The van der Waals surface area contributed by atoms with Crippen molar-refractivity contribution in [2.45, 2.75) is 18.2 Å². The molecule has 0 atom stereocenters. The Balaban J connectivity index is 0.00000578. The van der Waals surface area contributed by atoms with Crippen molar-refractivity contribution in [1.82, 2.24) is 19.6 Å². The van der Waals surface area contributed by atoms with Crippen LogP contribution < -0.4 is 24.8 Å². The number of aromatic nitrogens is 2. The van der Waals surface area contributed by atoms with Crippen molar-refractivity contribution in [1.29, 1.82) is 0 Å². The topological polar surface area (TPSA) is 169 Å². The van der Waals surface area contributed by atoms with Crippen LogP contribution in [0.5, 0.6) is 11.8 Å². The Morgan fingerprint density at radius 2 is 1.59 bits per heavy atom. The first-order valence-electron chi connectivity index (χ1n) is 9.47. The first-order valence-corrected chi connectivity index (χ1v) is 11.0. The summed E-state index contributed by atoms with van der Waals surface area (Å²) in [6.45, 7) is 1.62. The quantitative estimate of drug-likeness (QED) is 0.438. The number of methoxy groups -OCH3 is 2. The molecule has 0 bridgehead atoms. The van der Waals surface area contributed by atoms with E-state index in [9.17, 15) is 22.8 Å². The zero-order valence-corrected chi connectivity index (χ0v) is 22.4. The molecule has 2 rings (SSSR count). The van der Waals surface area contributed by atoms with E-state index in [1.54, 1.807) is 11.6 Å². The monoisotopic (exact) mass is 503 g/mol. The predicted octanol–water partition coefficient (Wildman–Crippen LogP) is 0.674. The number of hydrogen-bond donors (Lipinski definition) is 3. The molecule has 34 heavy (non-hydrogen) atoms. The van der Waals surface area contributed by atoms with Crippen LogP contribution in [0, 0.1) is 0 Å². The van der Waals surface area contributed by atoms with Gasteiger partial charge in [0, 0.05) is 55.8 Å². The van der Waals surface area contributed by atoms with Gasteiger partial charge >= 0.3 is 6.03 Å². The Hall–Kier alpha value is -2.94. The van der Waals surface area contributed by atoms with Crippen molar-refractivity contribution in [2.75, 3.05) is 38.9 Å². The van der Waals surface area contributed by atoms with Crippen LogP contribution in [-0.4, -0.2) is 99.0 Å². The van der Waals surface area contributed by atoms with E-state index in [0.717, 1.165) is 6.07 Å². The van der Waals surface area contributed by atoms with Crippen molar-refractivity contribution in [3.63, 3.8) is 0 Å². The molecule has 0 aliphatic carbocycles. The molecule has 0 saturated carbocycles. The molecule has 3 N–H and O–H groups in total. The van der Waals surface area contributed by atoms with Crippen molar-refractivity contribution in [2.24, 2.45) is 0 Å². The van der Waals surface area contributed by atoms with E-state index in [1.807, 2.05) is 0 Å². The Morgan fingerprint density at radius 3 is 2.09 bits per heavy atom. The van der Waals surface area contributed by atoms with E-state index in [4.69, 9.17) is 9.47 Å². The first kappa shape index (κ1) is 29.1. The van der Waals surface area contributed by atoms with Crippen LogP contribution in [0.1, 0.15) is 23.7 Å². The smallest absolute Gasteiger partial charge is 0.335 e. The fraction of sp³-hybridized carbons (Fsp3) is 0.316. The molecule has 1 heterocycles. The second-order valence-corrected chi connectivity index (χ2v) is 8.30. The van der Waals surface area contributed by atoms with Crippen LogP contribution in [-0.2, 0) is 14.8 Å². The molecule has 4 amide bonds. The Morgan fingerprint density at radius 1 is 1.00 bits per heavy atom. The number of benzene rings is 1. The molecule has 1 aromatic heterocycles. The minimum absolute atomic E-state index is 0. The van der Waals surface area contributed by atoms with E-state index >= 15 is 0 Å². The maximum absolute atomic E-state index is 13.0. The summed E-state index contributed by atoms with van der Waals surface area (Å²) in [7, 11) is 0.997. The van der Waals surface area contributed by atoms with Gasteiger partial charge in [0.1, 0.15) is 4.90 Å². The van der Waals surface area contributed by atoms with Gasteiger partial charge in [0.15, 0.2) is 0 Å². The fourth-order valence-electron chi connectivity index (χ4n) is 2.46. The number of ether oxygens (including phenoxy) is 2. The summed E-state index contributed by atoms with van der Waals surface area (Å²) in [6, 6.07) is 3.88. The summed E-state index contributed by atoms with van der Waals surface area (Å²) in [5.41, 5.74) is -0.0621. The number of nitrogens with one attached hydrogen (secondary N) is 3. The average Bonchev–Trinajstić information content (AvgIpc) is 2.77. The molecule has 0 unspecified atom stereocenters. The molecule has 0 saturated heterocycles. The van der Waals surface area contributed by atoms with Crippen molar-refractivity contribution in [3.8, 4) is 11.8 Å². The van der Waals surface area contributed by atoms with E-state index in [-0.39, 0.29) is 70.8 Å². The maximum atomic E-state index is 13.0. The number of amides is 4. The summed E-state index contributed by atoms with van der Waals surface area (Å²) in [5.74, 6) is -1.13. The number of hydrogen-bond acceptors (Lipinski definition) is 9. The second-order valence-electron chi connectivity index (χ2n) is 6.65. The largest absolute Gasteiger partial charge is 0.481 e. The minimum Gasteiger partial charge on any atom is -0.481 e. The van der Waals surface area contributed by atoms with Crippen LogP contribution in [0.3, 0.4) is 0 Å². The third-order valence-corrected chi connectivity index (χ3v) is 5.43. The van der Waals surface area contributed by atoms with Gasteiger partial charge in [0.2, 0.25) is 23.6 Å². The summed E-state index contributed by atoms with van der Waals surface area (Å²) >= 11 is 0. The average molecular weight is 503 g/mol. The normalized spacial score (nSPS) is 10.4. The molecule has 179 valence electrons. The zero-order valence-electron chi connectivity index (χ0n) is 19.6. The van der Waals surface area contributed by atoms with Crippen molar-refractivity contribution in [3.05, 3.63) is 29.8 Å². The van der Waals surface area contributed by atoms with E-state index in [1.165, 1.54) is 51.4 Å². The van der Waals surface area contributed by atoms with Gasteiger partial charge in [-0.2, -0.15) is 9.97 Å². The molecule has 15 heteroatoms. The van der Waals surface area contributed by atoms with Crippen LogP contribution in [0.15, 0.2) is 29.2 Å². The van der Waals surface area contributed by atoms with Crippen molar-refractivity contribution >= 4 is 69.1 Å². The van der Waals surface area contributed by atoms with Gasteiger partial charge in [0.25, 0.3) is 15.9 Å². The SMILES string of the molecule is CCC(=O)Nc1ccc(C(=O)N(C)C)c(S(=O)(=O)NC(=O)Nc2nc(OC)cc(OC)n2)c1.[Na]. The summed E-state index contributed by atoms with van der Waals surface area (Å²) in [6.07, 6.45) is 0.158. The van der Waals surface area contributed by atoms with Gasteiger partial charge in [-0.15, -0.1) is 0 Å². The number of nitrogens with zero attached hydrogens (tertiary/aromatic N) is 3. The number of carbonyl (C=O) groups excluding carboxylic acids is 3. The van der Waals surface area contributed by atoms with Crippen LogP contribution in [0.4, 0.5) is 16.4 Å². The number of carbonyl (C=O) groups is 3. The summed E-state index contributed by atoms with van der Waals surface area (Å²) in [4.78, 5) is 45.0. The second kappa shape index (κ2) is 12.5. The third-order valence-electron chi connectivity index (χ3n) is 4.06. The van der Waals surface area contributed by atoms with E-state index < -0.39 is 26.9 Å². The summed E-state index contributed by atoms with van der Waals surface area (Å²) < 4.78 is 37.7. The van der Waals surface area contributed by atoms with E-state index in [0.29, 0.717) is 0 Å². The van der Waals surface area contributed by atoms with Gasteiger partial charge in [-0.25, -0.2) is 17.9 Å². The Bertz CT molecular complexity index is 1150. The van der Waals surface area contributed by atoms with Crippen LogP contribution >= 0.6 is 0 Å². The number of anilines is 2. The molecule has 0 aliphatic heterocycles. The predicted molar refractivity (Wildman–Crippen MR) is 124 cm³/mol. The molecule has 0 fully saturated rings. The fourth-order valence-corrected chi connectivity index (χ4v) is 3.59. The molecule has 13 nitrogen and oxygen atoms in total. The Labute approximate surface area is 219 Å². The maximum Gasteiger partial charge on any atom is 0.335 e. The van der Waals surface area contributed by atoms with Crippen molar-refractivity contribution < 1.29 is 32.3 Å². The van der Waals surface area contributed by atoms with Gasteiger partial charge in [0.05, 0.1) is 25.8 Å². The molecule has 1 radical (unpaired) electrons. The van der Waals surface area contributed by atoms with Gasteiger partial charge in [-0.05, 0) is 18.2 Å².